The number of hydrogen-bond donors (Lipinski definition) is 1. The topological polar surface area (TPSA) is 21.3 Å². The van der Waals surface area contributed by atoms with E-state index in [9.17, 15) is 0 Å². The lowest BCUT2D eigenvalue weighted by Gasteiger charge is -2.23. The van der Waals surface area contributed by atoms with Gasteiger partial charge in [0.05, 0.1) is 6.10 Å². The van der Waals surface area contributed by atoms with Gasteiger partial charge in [-0.1, -0.05) is 26.7 Å². The van der Waals surface area contributed by atoms with Gasteiger partial charge in [-0.15, -0.1) is 0 Å². The minimum Gasteiger partial charge on any atom is -0.380 e. The highest BCUT2D eigenvalue weighted by atomic mass is 16.5. The van der Waals surface area contributed by atoms with Crippen molar-refractivity contribution in [1.29, 1.82) is 0 Å². The third-order valence-corrected chi connectivity index (χ3v) is 2.46. The van der Waals surface area contributed by atoms with Crippen LogP contribution in [0.15, 0.2) is 0 Å². The molecular formula is C11H25NO. The van der Waals surface area contributed by atoms with Crippen LogP contribution in [0.2, 0.25) is 0 Å². The van der Waals surface area contributed by atoms with Crippen molar-refractivity contribution < 1.29 is 4.74 Å². The highest BCUT2D eigenvalue weighted by molar-refractivity contribution is 4.73. The highest BCUT2D eigenvalue weighted by Gasteiger charge is 2.14. The van der Waals surface area contributed by atoms with E-state index in [2.05, 4.69) is 26.1 Å². The molecule has 0 heterocycles. The van der Waals surface area contributed by atoms with Gasteiger partial charge >= 0.3 is 0 Å². The van der Waals surface area contributed by atoms with Gasteiger partial charge in [0.15, 0.2) is 0 Å². The second-order valence-corrected chi connectivity index (χ2v) is 3.64. The monoisotopic (exact) mass is 187 g/mol. The van der Waals surface area contributed by atoms with Crippen molar-refractivity contribution in [3.8, 4) is 0 Å². The van der Waals surface area contributed by atoms with Crippen LogP contribution in [0.3, 0.4) is 0 Å². The molecule has 0 aromatic heterocycles. The van der Waals surface area contributed by atoms with Crippen molar-refractivity contribution in [2.45, 2.75) is 58.6 Å². The minimum atomic E-state index is 0.332. The average molecular weight is 187 g/mol. The number of nitrogens with one attached hydrogen (secondary N) is 1. The van der Waals surface area contributed by atoms with Crippen LogP contribution in [-0.2, 0) is 4.74 Å². The molecule has 0 rings (SSSR count). The molecule has 80 valence electrons. The maximum atomic E-state index is 5.34. The quantitative estimate of drug-likeness (QED) is 0.630. The summed E-state index contributed by atoms with van der Waals surface area (Å²) in [4.78, 5) is 0. The number of methoxy groups -OCH3 is 1. The Hall–Kier alpha value is -0.0800. The second kappa shape index (κ2) is 8.52. The molecule has 0 saturated carbocycles. The van der Waals surface area contributed by atoms with Gasteiger partial charge in [0.2, 0.25) is 0 Å². The summed E-state index contributed by atoms with van der Waals surface area (Å²) < 4.78 is 5.34. The molecule has 0 aromatic rings. The van der Waals surface area contributed by atoms with Gasteiger partial charge in [-0.2, -0.15) is 0 Å². The summed E-state index contributed by atoms with van der Waals surface area (Å²) in [5.74, 6) is 0. The predicted octanol–water partition coefficient (Wildman–Crippen LogP) is 2.58. The zero-order valence-corrected chi connectivity index (χ0v) is 9.60. The maximum absolute atomic E-state index is 5.34. The van der Waals surface area contributed by atoms with Gasteiger partial charge < -0.3 is 10.1 Å². The number of ether oxygens (including phenoxy) is 1. The Morgan fingerprint density at radius 1 is 1.23 bits per heavy atom. The van der Waals surface area contributed by atoms with Crippen molar-refractivity contribution in [3.05, 3.63) is 0 Å². The summed E-state index contributed by atoms with van der Waals surface area (Å²) in [5, 5.41) is 3.53. The first-order chi connectivity index (χ1) is 6.26. The van der Waals surface area contributed by atoms with Crippen LogP contribution < -0.4 is 5.32 Å². The van der Waals surface area contributed by atoms with Crippen LogP contribution in [0.5, 0.6) is 0 Å². The largest absolute Gasteiger partial charge is 0.380 e. The molecule has 1 N–H and O–H groups in total. The Balaban J connectivity index is 3.72. The molecule has 0 aliphatic carbocycles. The predicted molar refractivity (Wildman–Crippen MR) is 58.1 cm³/mol. The molecule has 2 heteroatoms. The fourth-order valence-corrected chi connectivity index (χ4v) is 1.42. The number of unbranched alkanes of at least 4 members (excludes halogenated alkanes) is 1. The van der Waals surface area contributed by atoms with Crippen LogP contribution in [0, 0.1) is 0 Å². The normalized spacial score (nSPS) is 15.7. The average Bonchev–Trinajstić information content (AvgIpc) is 2.17. The molecule has 0 aliphatic rings. The van der Waals surface area contributed by atoms with Crippen LogP contribution in [0.25, 0.3) is 0 Å². The van der Waals surface area contributed by atoms with E-state index in [0.717, 1.165) is 6.54 Å². The molecule has 0 saturated heterocycles. The van der Waals surface area contributed by atoms with Crippen LogP contribution in [0.1, 0.15) is 46.5 Å². The first kappa shape index (κ1) is 12.9. The molecule has 2 nitrogen and oxygen atoms in total. The first-order valence-corrected chi connectivity index (χ1v) is 5.52. The fourth-order valence-electron chi connectivity index (χ4n) is 1.42. The lowest BCUT2D eigenvalue weighted by Crippen LogP contribution is -2.39. The van der Waals surface area contributed by atoms with E-state index in [1.807, 2.05) is 0 Å². The number of rotatable bonds is 8. The molecule has 13 heavy (non-hydrogen) atoms. The van der Waals surface area contributed by atoms with Gasteiger partial charge in [-0.25, -0.2) is 0 Å². The molecule has 0 aromatic carbocycles. The van der Waals surface area contributed by atoms with Gasteiger partial charge in [-0.05, 0) is 26.3 Å². The molecule has 0 radical (unpaired) electrons. The van der Waals surface area contributed by atoms with Crippen molar-refractivity contribution in [3.63, 3.8) is 0 Å². The molecule has 0 amide bonds. The Morgan fingerprint density at radius 3 is 2.38 bits per heavy atom. The standard InChI is InChI=1S/C11H25NO/c1-5-7-8-11(10(3)13-4)12-9-6-2/h10-12H,5-9H2,1-4H3. The second-order valence-electron chi connectivity index (χ2n) is 3.64. The van der Waals surface area contributed by atoms with Crippen molar-refractivity contribution >= 4 is 0 Å². The summed E-state index contributed by atoms with van der Waals surface area (Å²) in [6.07, 6.45) is 5.30. The summed E-state index contributed by atoms with van der Waals surface area (Å²) in [6.45, 7) is 7.67. The molecule has 2 atom stereocenters. The van der Waals surface area contributed by atoms with Crippen LogP contribution >= 0.6 is 0 Å². The lowest BCUT2D eigenvalue weighted by atomic mass is 10.1. The Bertz CT molecular complexity index is 98.3. The third kappa shape index (κ3) is 6.05. The van der Waals surface area contributed by atoms with E-state index >= 15 is 0 Å². The smallest absolute Gasteiger partial charge is 0.0696 e. The maximum Gasteiger partial charge on any atom is 0.0696 e. The van der Waals surface area contributed by atoms with Gasteiger partial charge in [0, 0.05) is 13.2 Å². The van der Waals surface area contributed by atoms with E-state index in [4.69, 9.17) is 4.74 Å². The van der Waals surface area contributed by atoms with E-state index in [1.54, 1.807) is 7.11 Å². The van der Waals surface area contributed by atoms with Crippen molar-refractivity contribution in [1.82, 2.24) is 5.32 Å². The fraction of sp³-hybridized carbons (Fsp3) is 1.00. The third-order valence-electron chi connectivity index (χ3n) is 2.46. The summed E-state index contributed by atoms with van der Waals surface area (Å²) >= 11 is 0. The SMILES string of the molecule is CCCCC(NCCC)C(C)OC. The molecule has 0 bridgehead atoms. The lowest BCUT2D eigenvalue weighted by molar-refractivity contribution is 0.0793. The Labute approximate surface area is 83.1 Å². The molecule has 0 spiro atoms. The molecule has 0 fully saturated rings. The van der Waals surface area contributed by atoms with E-state index < -0.39 is 0 Å². The molecular weight excluding hydrogens is 162 g/mol. The summed E-state index contributed by atoms with van der Waals surface area (Å²) in [5.41, 5.74) is 0. The van der Waals surface area contributed by atoms with E-state index in [1.165, 1.54) is 25.7 Å². The minimum absolute atomic E-state index is 0.332. The van der Waals surface area contributed by atoms with E-state index in [-0.39, 0.29) is 0 Å². The summed E-state index contributed by atoms with van der Waals surface area (Å²) in [6, 6.07) is 0.532. The van der Waals surface area contributed by atoms with E-state index in [0.29, 0.717) is 12.1 Å². The van der Waals surface area contributed by atoms with Gasteiger partial charge in [0.25, 0.3) is 0 Å². The number of hydrogen-bond acceptors (Lipinski definition) is 2. The van der Waals surface area contributed by atoms with Gasteiger partial charge in [0.1, 0.15) is 0 Å². The molecule has 0 aliphatic heterocycles. The zero-order valence-electron chi connectivity index (χ0n) is 9.60. The zero-order chi connectivity index (χ0) is 10.1. The first-order valence-electron chi connectivity index (χ1n) is 5.52. The van der Waals surface area contributed by atoms with Crippen molar-refractivity contribution in [2.24, 2.45) is 0 Å². The molecule has 2 unspecified atom stereocenters. The van der Waals surface area contributed by atoms with Crippen LogP contribution in [0.4, 0.5) is 0 Å². The highest BCUT2D eigenvalue weighted by Crippen LogP contribution is 2.07. The Morgan fingerprint density at radius 2 is 1.92 bits per heavy atom. The summed E-state index contributed by atoms with van der Waals surface area (Å²) in [7, 11) is 1.79. The Kier molecular flexibility index (Phi) is 8.46. The van der Waals surface area contributed by atoms with Crippen molar-refractivity contribution in [2.75, 3.05) is 13.7 Å². The van der Waals surface area contributed by atoms with Crippen LogP contribution in [-0.4, -0.2) is 25.8 Å². The van der Waals surface area contributed by atoms with Gasteiger partial charge in [-0.3, -0.25) is 0 Å².